The molecule has 0 amide bonds. The summed E-state index contributed by atoms with van der Waals surface area (Å²) in [6.45, 7) is 3.31. The maximum Gasteiger partial charge on any atom is 0.145 e. The lowest BCUT2D eigenvalue weighted by molar-refractivity contribution is 0.439. The van der Waals surface area contributed by atoms with Gasteiger partial charge in [-0.25, -0.2) is 0 Å². The number of aryl methyl sites for hydroxylation is 1. The van der Waals surface area contributed by atoms with E-state index >= 15 is 0 Å². The van der Waals surface area contributed by atoms with E-state index in [0.717, 1.165) is 18.9 Å². The van der Waals surface area contributed by atoms with Gasteiger partial charge < -0.3 is 5.73 Å². The topological polar surface area (TPSA) is 43.8 Å². The van der Waals surface area contributed by atoms with Crippen molar-refractivity contribution < 1.29 is 0 Å². The average molecular weight is 193 g/mol. The third kappa shape index (κ3) is 1.91. The lowest BCUT2D eigenvalue weighted by atomic mass is 9.94. The molecule has 3 nitrogen and oxygen atoms in total. The summed E-state index contributed by atoms with van der Waals surface area (Å²) in [7, 11) is 0. The Morgan fingerprint density at radius 3 is 3.29 bits per heavy atom. The van der Waals surface area contributed by atoms with Crippen molar-refractivity contribution in [3.05, 3.63) is 11.8 Å². The van der Waals surface area contributed by atoms with Crippen LogP contribution in [0.3, 0.4) is 0 Å². The second-order valence-corrected chi connectivity index (χ2v) is 4.28. The van der Waals surface area contributed by atoms with Crippen molar-refractivity contribution in [3.63, 3.8) is 0 Å². The van der Waals surface area contributed by atoms with Crippen molar-refractivity contribution >= 4 is 5.82 Å². The smallest absolute Gasteiger partial charge is 0.145 e. The molecule has 1 aliphatic rings. The van der Waals surface area contributed by atoms with Crippen molar-refractivity contribution in [2.75, 3.05) is 5.73 Å². The number of nitrogen functional groups attached to an aromatic ring is 1. The van der Waals surface area contributed by atoms with Crippen LogP contribution in [0.2, 0.25) is 0 Å². The molecule has 1 aromatic heterocycles. The summed E-state index contributed by atoms with van der Waals surface area (Å²) in [5.41, 5.74) is 7.03. The number of anilines is 1. The minimum atomic E-state index is 0.678. The van der Waals surface area contributed by atoms with E-state index in [1.165, 1.54) is 31.4 Å². The van der Waals surface area contributed by atoms with Crippen LogP contribution in [-0.4, -0.2) is 9.78 Å². The zero-order valence-electron chi connectivity index (χ0n) is 8.87. The van der Waals surface area contributed by atoms with Crippen molar-refractivity contribution in [2.24, 2.45) is 5.92 Å². The van der Waals surface area contributed by atoms with Gasteiger partial charge in [0.25, 0.3) is 0 Å². The molecule has 0 bridgehead atoms. The minimum absolute atomic E-state index is 0.678. The first-order valence-corrected chi connectivity index (χ1v) is 5.61. The van der Waals surface area contributed by atoms with Gasteiger partial charge in [0.15, 0.2) is 0 Å². The van der Waals surface area contributed by atoms with E-state index in [4.69, 9.17) is 5.73 Å². The van der Waals surface area contributed by atoms with Crippen LogP contribution < -0.4 is 5.73 Å². The van der Waals surface area contributed by atoms with Gasteiger partial charge in [0, 0.05) is 18.3 Å². The Morgan fingerprint density at radius 1 is 1.64 bits per heavy atom. The summed E-state index contributed by atoms with van der Waals surface area (Å²) in [5, 5.41) is 4.30. The molecule has 2 N–H and O–H groups in total. The van der Waals surface area contributed by atoms with Gasteiger partial charge in [0.2, 0.25) is 0 Å². The maximum atomic E-state index is 5.70. The molecule has 0 aromatic carbocycles. The normalized spacial score (nSPS) is 21.6. The van der Waals surface area contributed by atoms with E-state index in [1.54, 1.807) is 0 Å². The van der Waals surface area contributed by atoms with Gasteiger partial charge in [-0.1, -0.05) is 19.8 Å². The second kappa shape index (κ2) is 4.03. The molecule has 0 fully saturated rings. The molecular weight excluding hydrogens is 174 g/mol. The van der Waals surface area contributed by atoms with Crippen LogP contribution in [0, 0.1) is 5.92 Å². The molecule has 0 aliphatic carbocycles. The van der Waals surface area contributed by atoms with Gasteiger partial charge in [-0.3, -0.25) is 4.68 Å². The number of aromatic nitrogens is 2. The Kier molecular flexibility index (Phi) is 2.75. The number of nitrogens with two attached hydrogens (primary N) is 1. The Hall–Kier alpha value is -0.990. The first-order chi connectivity index (χ1) is 6.79. The monoisotopic (exact) mass is 193 g/mol. The molecule has 2 rings (SSSR count). The van der Waals surface area contributed by atoms with Gasteiger partial charge >= 0.3 is 0 Å². The molecule has 1 atom stereocenters. The maximum absolute atomic E-state index is 5.70. The molecule has 0 radical (unpaired) electrons. The van der Waals surface area contributed by atoms with Crippen LogP contribution in [0.4, 0.5) is 5.82 Å². The van der Waals surface area contributed by atoms with Crippen LogP contribution in [-0.2, 0) is 13.0 Å². The van der Waals surface area contributed by atoms with Crippen LogP contribution in [0.15, 0.2) is 6.07 Å². The first-order valence-electron chi connectivity index (χ1n) is 5.61. The van der Waals surface area contributed by atoms with Gasteiger partial charge in [-0.15, -0.1) is 0 Å². The lowest BCUT2D eigenvalue weighted by Crippen LogP contribution is -2.04. The van der Waals surface area contributed by atoms with Crippen molar-refractivity contribution in [1.29, 1.82) is 0 Å². The van der Waals surface area contributed by atoms with E-state index in [1.807, 2.05) is 6.07 Å². The fourth-order valence-corrected chi connectivity index (χ4v) is 2.42. The standard InChI is InChI=1S/C11H19N3/c1-2-4-9-5-3-6-14-10(7-9)8-11(12)13-14/h8-9H,2-7H2,1H3,(H2,12,13). The Labute approximate surface area is 85.3 Å². The molecule has 3 heteroatoms. The lowest BCUT2D eigenvalue weighted by Gasteiger charge is -2.11. The van der Waals surface area contributed by atoms with Gasteiger partial charge in [-0.05, 0) is 25.2 Å². The van der Waals surface area contributed by atoms with E-state index in [-0.39, 0.29) is 0 Å². The van der Waals surface area contributed by atoms with E-state index in [0.29, 0.717) is 5.82 Å². The summed E-state index contributed by atoms with van der Waals surface area (Å²) in [6, 6.07) is 2.04. The summed E-state index contributed by atoms with van der Waals surface area (Å²) in [5.74, 6) is 1.52. The quantitative estimate of drug-likeness (QED) is 0.782. The molecule has 78 valence electrons. The number of fused-ring (bicyclic) bond motifs is 1. The van der Waals surface area contributed by atoms with E-state index in [2.05, 4.69) is 16.7 Å². The third-order valence-corrected chi connectivity index (χ3v) is 3.06. The number of hydrogen-bond donors (Lipinski definition) is 1. The second-order valence-electron chi connectivity index (χ2n) is 4.28. The molecule has 0 spiro atoms. The van der Waals surface area contributed by atoms with E-state index < -0.39 is 0 Å². The summed E-state index contributed by atoms with van der Waals surface area (Å²) >= 11 is 0. The van der Waals surface area contributed by atoms with Gasteiger partial charge in [-0.2, -0.15) is 5.10 Å². The molecule has 1 aliphatic heterocycles. The molecule has 14 heavy (non-hydrogen) atoms. The van der Waals surface area contributed by atoms with Crippen LogP contribution in [0.1, 0.15) is 38.3 Å². The summed E-state index contributed by atoms with van der Waals surface area (Å²) in [6.07, 6.45) is 6.38. The molecule has 0 saturated heterocycles. The zero-order chi connectivity index (χ0) is 9.97. The van der Waals surface area contributed by atoms with Crippen LogP contribution in [0.5, 0.6) is 0 Å². The summed E-state index contributed by atoms with van der Waals surface area (Å²) in [4.78, 5) is 0. The first kappa shape index (κ1) is 9.56. The highest BCUT2D eigenvalue weighted by Crippen LogP contribution is 2.24. The van der Waals surface area contributed by atoms with Crippen LogP contribution >= 0.6 is 0 Å². The highest BCUT2D eigenvalue weighted by atomic mass is 15.3. The third-order valence-electron chi connectivity index (χ3n) is 3.06. The number of hydrogen-bond acceptors (Lipinski definition) is 2. The molecule has 1 aromatic rings. The highest BCUT2D eigenvalue weighted by molar-refractivity contribution is 5.29. The highest BCUT2D eigenvalue weighted by Gasteiger charge is 2.17. The zero-order valence-corrected chi connectivity index (χ0v) is 8.87. The van der Waals surface area contributed by atoms with Crippen molar-refractivity contribution in [3.8, 4) is 0 Å². The number of nitrogens with zero attached hydrogens (tertiary/aromatic N) is 2. The van der Waals surface area contributed by atoms with Gasteiger partial charge in [0.1, 0.15) is 5.82 Å². The van der Waals surface area contributed by atoms with Gasteiger partial charge in [0.05, 0.1) is 0 Å². The number of rotatable bonds is 2. The SMILES string of the molecule is CCCC1CCCn2nc(N)cc2C1. The molecule has 0 saturated carbocycles. The summed E-state index contributed by atoms with van der Waals surface area (Å²) < 4.78 is 2.09. The Balaban J connectivity index is 2.13. The predicted molar refractivity (Wildman–Crippen MR) is 58.0 cm³/mol. The Bertz CT molecular complexity index is 303. The molecule has 2 heterocycles. The average Bonchev–Trinajstić information content (AvgIpc) is 2.37. The van der Waals surface area contributed by atoms with Crippen molar-refractivity contribution in [2.45, 2.75) is 45.6 Å². The van der Waals surface area contributed by atoms with Crippen LogP contribution in [0.25, 0.3) is 0 Å². The van der Waals surface area contributed by atoms with E-state index in [9.17, 15) is 0 Å². The molecular formula is C11H19N3. The largest absolute Gasteiger partial charge is 0.382 e. The Morgan fingerprint density at radius 2 is 2.50 bits per heavy atom. The fraction of sp³-hybridized carbons (Fsp3) is 0.727. The molecule has 1 unspecified atom stereocenters. The minimum Gasteiger partial charge on any atom is -0.382 e. The fourth-order valence-electron chi connectivity index (χ4n) is 2.42. The predicted octanol–water partition coefficient (Wildman–Crippen LogP) is 2.22. The van der Waals surface area contributed by atoms with Crippen molar-refractivity contribution in [1.82, 2.24) is 9.78 Å².